The van der Waals surface area contributed by atoms with Crippen molar-refractivity contribution in [2.24, 2.45) is 0 Å². The molecule has 0 bridgehead atoms. The van der Waals surface area contributed by atoms with Crippen molar-refractivity contribution in [3.05, 3.63) is 82.4 Å². The van der Waals surface area contributed by atoms with Crippen molar-refractivity contribution in [1.82, 2.24) is 29.2 Å². The lowest BCUT2D eigenvalue weighted by Gasteiger charge is -2.24. The SMILES string of the molecule is C=CCn1c(=O)c2cnc(Nc3ccc4c(c3)CN(C(=O)OC(C)(C)C)C4)nc2n1-c1cccc(C(C)(C)O)n1. The molecule has 40 heavy (non-hydrogen) atoms. The molecule has 2 N–H and O–H groups in total. The van der Waals surface area contributed by atoms with E-state index in [-0.39, 0.29) is 24.1 Å². The van der Waals surface area contributed by atoms with E-state index >= 15 is 0 Å². The van der Waals surface area contributed by atoms with Gasteiger partial charge in [-0.2, -0.15) is 4.98 Å². The molecule has 3 aromatic heterocycles. The van der Waals surface area contributed by atoms with Gasteiger partial charge in [0.1, 0.15) is 16.6 Å². The molecule has 0 saturated heterocycles. The van der Waals surface area contributed by atoms with Gasteiger partial charge in [0.15, 0.2) is 11.5 Å². The molecule has 0 spiro atoms. The number of hydrogen-bond donors (Lipinski definition) is 2. The zero-order valence-corrected chi connectivity index (χ0v) is 23.3. The second kappa shape index (κ2) is 9.91. The summed E-state index contributed by atoms with van der Waals surface area (Å²) in [5, 5.41) is 14.0. The van der Waals surface area contributed by atoms with Crippen molar-refractivity contribution in [3.8, 4) is 5.82 Å². The quantitative estimate of drug-likeness (QED) is 0.343. The molecule has 4 aromatic rings. The monoisotopic (exact) mass is 543 g/mol. The van der Waals surface area contributed by atoms with E-state index in [0.29, 0.717) is 35.6 Å². The Hall–Kier alpha value is -4.51. The van der Waals surface area contributed by atoms with Gasteiger partial charge in [-0.1, -0.05) is 18.2 Å². The molecule has 0 radical (unpaired) electrons. The van der Waals surface area contributed by atoms with E-state index in [0.717, 1.165) is 16.8 Å². The number of allylic oxidation sites excluding steroid dienone is 1. The maximum absolute atomic E-state index is 13.2. The molecule has 0 unspecified atom stereocenters. The zero-order chi connectivity index (χ0) is 28.8. The molecule has 0 aliphatic carbocycles. The number of amides is 1. The van der Waals surface area contributed by atoms with Gasteiger partial charge in [-0.15, -0.1) is 6.58 Å². The highest BCUT2D eigenvalue weighted by Crippen LogP contribution is 2.28. The van der Waals surface area contributed by atoms with Crippen LogP contribution in [-0.4, -0.2) is 46.0 Å². The third kappa shape index (κ3) is 5.32. The van der Waals surface area contributed by atoms with Crippen LogP contribution in [0.2, 0.25) is 0 Å². The fourth-order valence-corrected chi connectivity index (χ4v) is 4.55. The first-order chi connectivity index (χ1) is 18.8. The minimum Gasteiger partial charge on any atom is -0.444 e. The summed E-state index contributed by atoms with van der Waals surface area (Å²) in [6.45, 7) is 13.8. The van der Waals surface area contributed by atoms with Crippen LogP contribution in [0, 0.1) is 0 Å². The number of pyridine rings is 1. The Bertz CT molecular complexity index is 1670. The van der Waals surface area contributed by atoms with Crippen LogP contribution in [0.5, 0.6) is 0 Å². The van der Waals surface area contributed by atoms with Crippen LogP contribution < -0.4 is 10.9 Å². The lowest BCUT2D eigenvalue weighted by Crippen LogP contribution is -2.33. The van der Waals surface area contributed by atoms with E-state index in [2.05, 4.69) is 26.8 Å². The van der Waals surface area contributed by atoms with Gasteiger partial charge in [0.25, 0.3) is 5.56 Å². The maximum Gasteiger partial charge on any atom is 0.410 e. The first-order valence-corrected chi connectivity index (χ1v) is 13.0. The predicted octanol–water partition coefficient (Wildman–Crippen LogP) is 4.38. The summed E-state index contributed by atoms with van der Waals surface area (Å²) in [4.78, 5) is 41.1. The van der Waals surface area contributed by atoms with Crippen molar-refractivity contribution in [2.75, 3.05) is 5.32 Å². The molecule has 1 amide bonds. The van der Waals surface area contributed by atoms with Gasteiger partial charge >= 0.3 is 6.09 Å². The number of fused-ring (bicyclic) bond motifs is 2. The largest absolute Gasteiger partial charge is 0.444 e. The van der Waals surface area contributed by atoms with E-state index < -0.39 is 11.2 Å². The van der Waals surface area contributed by atoms with Crippen LogP contribution in [0.25, 0.3) is 16.9 Å². The summed E-state index contributed by atoms with van der Waals surface area (Å²) in [6, 6.07) is 11.1. The Kier molecular flexibility index (Phi) is 6.70. The molecule has 0 saturated carbocycles. The van der Waals surface area contributed by atoms with Gasteiger partial charge in [-0.25, -0.2) is 24.1 Å². The molecule has 5 rings (SSSR count). The standard InChI is InChI=1S/C29H33N7O4/c1-7-13-35-25(37)21-15-30-26(33-24(21)36(35)23-10-8-9-22(32-23)29(5,6)39)31-20-12-11-18-16-34(17-19(18)14-20)27(38)40-28(2,3)4/h7-12,14-15,39H,1,13,16-17H2,2-6H3,(H,30,31,33). The second-order valence-corrected chi connectivity index (χ2v) is 11.3. The Balaban J connectivity index is 1.48. The normalized spacial score (nSPS) is 13.4. The maximum atomic E-state index is 13.2. The summed E-state index contributed by atoms with van der Waals surface area (Å²) < 4.78 is 8.61. The molecule has 0 atom stereocenters. The van der Waals surface area contributed by atoms with E-state index in [1.165, 1.54) is 10.9 Å². The van der Waals surface area contributed by atoms with Gasteiger partial charge < -0.3 is 15.2 Å². The van der Waals surface area contributed by atoms with E-state index in [9.17, 15) is 14.7 Å². The lowest BCUT2D eigenvalue weighted by atomic mass is 10.1. The third-order valence-corrected chi connectivity index (χ3v) is 6.39. The first kappa shape index (κ1) is 27.1. The predicted molar refractivity (Wildman–Crippen MR) is 152 cm³/mol. The number of aromatic nitrogens is 5. The topological polar surface area (TPSA) is 127 Å². The van der Waals surface area contributed by atoms with Crippen molar-refractivity contribution < 1.29 is 14.6 Å². The van der Waals surface area contributed by atoms with Crippen LogP contribution in [0.4, 0.5) is 16.4 Å². The number of benzene rings is 1. The van der Waals surface area contributed by atoms with Crippen LogP contribution in [-0.2, 0) is 30.0 Å². The smallest absolute Gasteiger partial charge is 0.410 e. The van der Waals surface area contributed by atoms with Gasteiger partial charge in [0.2, 0.25) is 5.95 Å². The van der Waals surface area contributed by atoms with Crippen LogP contribution in [0.15, 0.2) is 60.0 Å². The highest BCUT2D eigenvalue weighted by atomic mass is 16.6. The molecule has 1 aromatic carbocycles. The third-order valence-electron chi connectivity index (χ3n) is 6.39. The van der Waals surface area contributed by atoms with E-state index in [1.807, 2.05) is 39.0 Å². The molecule has 11 heteroatoms. The molecule has 1 aliphatic heterocycles. The Morgan fingerprint density at radius 2 is 1.88 bits per heavy atom. The zero-order valence-electron chi connectivity index (χ0n) is 23.3. The average Bonchev–Trinajstić information content (AvgIpc) is 3.42. The number of aliphatic hydroxyl groups is 1. The molecule has 4 heterocycles. The number of carbonyl (C=O) groups is 1. The number of nitrogens with zero attached hydrogens (tertiary/aromatic N) is 6. The van der Waals surface area contributed by atoms with Crippen LogP contribution in [0.3, 0.4) is 0 Å². The van der Waals surface area contributed by atoms with E-state index in [1.54, 1.807) is 47.7 Å². The van der Waals surface area contributed by atoms with Gasteiger partial charge in [-0.05, 0) is 70.0 Å². The summed E-state index contributed by atoms with van der Waals surface area (Å²) in [6.07, 6.45) is 2.76. The first-order valence-electron chi connectivity index (χ1n) is 13.0. The summed E-state index contributed by atoms with van der Waals surface area (Å²) in [5.41, 5.74) is 1.58. The number of carbonyl (C=O) groups excluding carboxylic acids is 1. The van der Waals surface area contributed by atoms with Crippen molar-refractivity contribution in [3.63, 3.8) is 0 Å². The minimum absolute atomic E-state index is 0.228. The fraction of sp³-hybridized carbons (Fsp3) is 0.345. The summed E-state index contributed by atoms with van der Waals surface area (Å²) >= 11 is 0. The molecule has 208 valence electrons. The minimum atomic E-state index is -1.17. The Morgan fingerprint density at radius 3 is 2.58 bits per heavy atom. The summed E-state index contributed by atoms with van der Waals surface area (Å²) in [5.74, 6) is 0.718. The Morgan fingerprint density at radius 1 is 1.12 bits per heavy atom. The van der Waals surface area contributed by atoms with Gasteiger partial charge in [-0.3, -0.25) is 9.69 Å². The van der Waals surface area contributed by atoms with Crippen molar-refractivity contribution in [1.29, 1.82) is 0 Å². The molecular weight excluding hydrogens is 510 g/mol. The molecule has 11 nitrogen and oxygen atoms in total. The summed E-state index contributed by atoms with van der Waals surface area (Å²) in [7, 11) is 0. The molecule has 0 fully saturated rings. The lowest BCUT2D eigenvalue weighted by molar-refractivity contribution is 0.0241. The Labute approximate surface area is 231 Å². The van der Waals surface area contributed by atoms with Crippen molar-refractivity contribution in [2.45, 2.75) is 65.5 Å². The van der Waals surface area contributed by atoms with Crippen molar-refractivity contribution >= 4 is 28.8 Å². The highest BCUT2D eigenvalue weighted by Gasteiger charge is 2.28. The average molecular weight is 544 g/mol. The van der Waals surface area contributed by atoms with Crippen LogP contribution in [0.1, 0.15) is 51.4 Å². The fourth-order valence-electron chi connectivity index (χ4n) is 4.55. The second-order valence-electron chi connectivity index (χ2n) is 11.3. The molecular formula is C29H33N7O4. The number of ether oxygens (including phenoxy) is 1. The number of rotatable bonds is 6. The number of nitrogens with one attached hydrogen (secondary N) is 1. The highest BCUT2D eigenvalue weighted by molar-refractivity contribution is 5.77. The number of anilines is 2. The van der Waals surface area contributed by atoms with E-state index in [4.69, 9.17) is 4.74 Å². The number of hydrogen-bond acceptors (Lipinski definition) is 8. The van der Waals surface area contributed by atoms with Gasteiger partial charge in [0, 0.05) is 25.0 Å². The van der Waals surface area contributed by atoms with Gasteiger partial charge in [0.05, 0.1) is 12.2 Å². The van der Waals surface area contributed by atoms with Crippen LogP contribution >= 0.6 is 0 Å². The molecule has 1 aliphatic rings.